The summed E-state index contributed by atoms with van der Waals surface area (Å²) in [5, 5.41) is 4.21. The third kappa shape index (κ3) is 4.68. The van der Waals surface area contributed by atoms with E-state index in [9.17, 15) is 0 Å². The Kier molecular flexibility index (Phi) is 6.57. The van der Waals surface area contributed by atoms with Gasteiger partial charge in [-0.05, 0) is 42.3 Å². The lowest BCUT2D eigenvalue weighted by Gasteiger charge is -2.20. The summed E-state index contributed by atoms with van der Waals surface area (Å²) >= 11 is 12.2. The van der Waals surface area contributed by atoms with Crippen molar-refractivity contribution in [3.8, 4) is 11.5 Å². The topological polar surface area (TPSA) is 82.5 Å². The minimum Gasteiger partial charge on any atom is -0.495 e. The van der Waals surface area contributed by atoms with Gasteiger partial charge in [-0.25, -0.2) is 0 Å². The Morgan fingerprint density at radius 2 is 1.54 bits per heavy atom. The van der Waals surface area contributed by atoms with Crippen LogP contribution in [0.3, 0.4) is 0 Å². The van der Waals surface area contributed by atoms with Crippen molar-refractivity contribution in [1.29, 1.82) is 0 Å². The van der Waals surface area contributed by atoms with Gasteiger partial charge < -0.3 is 26.3 Å². The van der Waals surface area contributed by atoms with E-state index in [0.717, 1.165) is 11.3 Å². The van der Waals surface area contributed by atoms with Crippen molar-refractivity contribution in [3.05, 3.63) is 52.0 Å². The summed E-state index contributed by atoms with van der Waals surface area (Å²) in [4.78, 5) is 0. The highest BCUT2D eigenvalue weighted by atomic mass is 35.5. The van der Waals surface area contributed by atoms with Gasteiger partial charge in [0.05, 0.1) is 30.4 Å². The zero-order valence-corrected chi connectivity index (χ0v) is 15.1. The Hall–Kier alpha value is -1.66. The molecule has 0 heterocycles. The number of nitrogens with two attached hydrogens (primary N) is 2. The average Bonchev–Trinajstić information content (AvgIpc) is 2.54. The van der Waals surface area contributed by atoms with Crippen LogP contribution < -0.4 is 26.3 Å². The van der Waals surface area contributed by atoms with Crippen LogP contribution in [0.15, 0.2) is 36.4 Å². The van der Waals surface area contributed by atoms with Crippen LogP contribution in [-0.2, 0) is 0 Å². The fourth-order valence-corrected chi connectivity index (χ4v) is 2.88. The molecule has 0 saturated carbocycles. The molecule has 0 aliphatic heterocycles. The maximum absolute atomic E-state index is 6.22. The van der Waals surface area contributed by atoms with Crippen molar-refractivity contribution in [2.75, 3.05) is 19.5 Å². The molecule has 0 radical (unpaired) electrons. The third-order valence-corrected chi connectivity index (χ3v) is 4.21. The standard InChI is InChI=1S/C17H21Cl2N3O2/c1-23-15-5-3-10(7-12(15)18)14(20)9-17(21)22-11-4-6-16(24-2)13(19)8-11/h3-8,14,17,22H,9,20-21H2,1-2H3. The number of benzene rings is 2. The summed E-state index contributed by atoms with van der Waals surface area (Å²) in [7, 11) is 3.14. The molecule has 0 aliphatic carbocycles. The lowest BCUT2D eigenvalue weighted by Crippen LogP contribution is -2.33. The number of nitrogens with one attached hydrogen (secondary N) is 1. The van der Waals surface area contributed by atoms with Crippen LogP contribution in [0.4, 0.5) is 5.69 Å². The molecule has 2 aromatic carbocycles. The van der Waals surface area contributed by atoms with Crippen LogP contribution in [0.25, 0.3) is 0 Å². The first kappa shape index (κ1) is 18.7. The Labute approximate surface area is 151 Å². The van der Waals surface area contributed by atoms with Gasteiger partial charge in [0, 0.05) is 11.7 Å². The van der Waals surface area contributed by atoms with E-state index >= 15 is 0 Å². The summed E-state index contributed by atoms with van der Waals surface area (Å²) in [5.74, 6) is 1.23. The minimum atomic E-state index is -0.342. The first-order valence-electron chi connectivity index (χ1n) is 7.39. The van der Waals surface area contributed by atoms with Gasteiger partial charge in [-0.1, -0.05) is 29.3 Å². The third-order valence-electron chi connectivity index (χ3n) is 3.62. The van der Waals surface area contributed by atoms with Crippen LogP contribution in [-0.4, -0.2) is 20.4 Å². The molecule has 0 fully saturated rings. The van der Waals surface area contributed by atoms with E-state index in [2.05, 4.69) is 5.32 Å². The van der Waals surface area contributed by atoms with Gasteiger partial charge in [0.15, 0.2) is 0 Å². The van der Waals surface area contributed by atoms with E-state index < -0.39 is 0 Å². The summed E-state index contributed by atoms with van der Waals surface area (Å²) in [6.07, 6.45) is 0.178. The van der Waals surface area contributed by atoms with Crippen molar-refractivity contribution in [2.24, 2.45) is 11.5 Å². The predicted octanol–water partition coefficient (Wildman–Crippen LogP) is 3.80. The number of halogens is 2. The molecule has 2 aromatic rings. The molecule has 24 heavy (non-hydrogen) atoms. The van der Waals surface area contributed by atoms with Gasteiger partial charge in [-0.3, -0.25) is 0 Å². The van der Waals surface area contributed by atoms with Gasteiger partial charge >= 0.3 is 0 Å². The number of hydrogen-bond acceptors (Lipinski definition) is 5. The van der Waals surface area contributed by atoms with E-state index in [1.54, 1.807) is 38.5 Å². The summed E-state index contributed by atoms with van der Waals surface area (Å²) in [6.45, 7) is 0. The molecule has 0 aromatic heterocycles. The van der Waals surface area contributed by atoms with E-state index in [4.69, 9.17) is 44.1 Å². The molecule has 2 rings (SSSR count). The highest BCUT2D eigenvalue weighted by Gasteiger charge is 2.14. The fraction of sp³-hybridized carbons (Fsp3) is 0.294. The Morgan fingerprint density at radius 1 is 0.958 bits per heavy atom. The van der Waals surface area contributed by atoms with E-state index in [1.807, 2.05) is 12.1 Å². The molecule has 0 saturated heterocycles. The van der Waals surface area contributed by atoms with Crippen LogP contribution in [0.5, 0.6) is 11.5 Å². The minimum absolute atomic E-state index is 0.260. The second-order valence-corrected chi connectivity index (χ2v) is 6.15. The molecule has 0 amide bonds. The maximum Gasteiger partial charge on any atom is 0.137 e. The Morgan fingerprint density at radius 3 is 2.08 bits per heavy atom. The van der Waals surface area contributed by atoms with E-state index in [1.165, 1.54) is 0 Å². The van der Waals surface area contributed by atoms with Crippen molar-refractivity contribution in [2.45, 2.75) is 18.6 Å². The molecule has 5 nitrogen and oxygen atoms in total. The molecular formula is C17H21Cl2N3O2. The quantitative estimate of drug-likeness (QED) is 0.646. The normalized spacial score (nSPS) is 13.2. The number of methoxy groups -OCH3 is 2. The monoisotopic (exact) mass is 369 g/mol. The van der Waals surface area contributed by atoms with Crippen molar-refractivity contribution < 1.29 is 9.47 Å². The van der Waals surface area contributed by atoms with Crippen LogP contribution in [0, 0.1) is 0 Å². The molecule has 0 bridgehead atoms. The van der Waals surface area contributed by atoms with Crippen LogP contribution >= 0.6 is 23.2 Å². The molecule has 130 valence electrons. The van der Waals surface area contributed by atoms with Gasteiger partial charge in [-0.15, -0.1) is 0 Å². The largest absolute Gasteiger partial charge is 0.495 e. The molecule has 0 aliphatic rings. The average molecular weight is 370 g/mol. The summed E-state index contributed by atoms with van der Waals surface area (Å²) in [6, 6.07) is 10.6. The molecule has 0 spiro atoms. The molecule has 7 heteroatoms. The highest BCUT2D eigenvalue weighted by Crippen LogP contribution is 2.29. The van der Waals surface area contributed by atoms with Gasteiger partial charge in [0.1, 0.15) is 11.5 Å². The smallest absolute Gasteiger partial charge is 0.137 e. The van der Waals surface area contributed by atoms with Crippen LogP contribution in [0.2, 0.25) is 10.0 Å². The predicted molar refractivity (Wildman–Crippen MR) is 99.2 cm³/mol. The van der Waals surface area contributed by atoms with E-state index in [0.29, 0.717) is 28.0 Å². The van der Waals surface area contributed by atoms with Gasteiger partial charge in [-0.2, -0.15) is 0 Å². The van der Waals surface area contributed by atoms with Crippen LogP contribution in [0.1, 0.15) is 18.0 Å². The molecule has 2 unspecified atom stereocenters. The number of anilines is 1. The van der Waals surface area contributed by atoms with Crippen molar-refractivity contribution >= 4 is 28.9 Å². The second kappa shape index (κ2) is 8.44. The zero-order valence-electron chi connectivity index (χ0n) is 13.6. The number of rotatable bonds is 7. The SMILES string of the molecule is COc1ccc(NC(N)CC(N)c2ccc(OC)c(Cl)c2)cc1Cl. The first-order valence-corrected chi connectivity index (χ1v) is 8.15. The van der Waals surface area contributed by atoms with Crippen molar-refractivity contribution in [3.63, 3.8) is 0 Å². The first-order chi connectivity index (χ1) is 11.4. The fourth-order valence-electron chi connectivity index (χ4n) is 2.35. The summed E-state index contributed by atoms with van der Waals surface area (Å²) < 4.78 is 10.3. The molecular weight excluding hydrogens is 349 g/mol. The van der Waals surface area contributed by atoms with E-state index in [-0.39, 0.29) is 12.2 Å². The highest BCUT2D eigenvalue weighted by molar-refractivity contribution is 6.32. The van der Waals surface area contributed by atoms with Crippen molar-refractivity contribution in [1.82, 2.24) is 0 Å². The number of hydrogen-bond donors (Lipinski definition) is 3. The lowest BCUT2D eigenvalue weighted by molar-refractivity contribution is 0.414. The Balaban J connectivity index is 1.99. The summed E-state index contributed by atoms with van der Waals surface area (Å²) in [5.41, 5.74) is 14.0. The zero-order chi connectivity index (χ0) is 17.7. The molecule has 2 atom stereocenters. The second-order valence-electron chi connectivity index (χ2n) is 5.34. The van der Waals surface area contributed by atoms with Gasteiger partial charge in [0.25, 0.3) is 0 Å². The molecule has 5 N–H and O–H groups in total. The Bertz CT molecular complexity index is 698. The maximum atomic E-state index is 6.22. The van der Waals surface area contributed by atoms with Gasteiger partial charge in [0.2, 0.25) is 0 Å². The lowest BCUT2D eigenvalue weighted by atomic mass is 10.0. The number of ether oxygens (including phenoxy) is 2.